The van der Waals surface area contributed by atoms with Crippen molar-refractivity contribution in [3.63, 3.8) is 0 Å². The van der Waals surface area contributed by atoms with Crippen molar-refractivity contribution in [3.8, 4) is 0 Å². The summed E-state index contributed by atoms with van der Waals surface area (Å²) in [5.74, 6) is 1.19. The van der Waals surface area contributed by atoms with E-state index in [9.17, 15) is 5.11 Å². The van der Waals surface area contributed by atoms with Crippen LogP contribution in [0.1, 0.15) is 57.4 Å². The first-order valence-electron chi connectivity index (χ1n) is 8.13. The Bertz CT molecular complexity index is 376. The largest absolute Gasteiger partial charge is 0.393 e. The van der Waals surface area contributed by atoms with Gasteiger partial charge in [0.2, 0.25) is 0 Å². The van der Waals surface area contributed by atoms with Crippen LogP contribution in [-0.4, -0.2) is 23.8 Å². The van der Waals surface area contributed by atoms with Crippen molar-refractivity contribution in [1.82, 2.24) is 5.32 Å². The molecule has 112 valence electrons. The highest BCUT2D eigenvalue weighted by Gasteiger charge is 2.22. The Hall–Kier alpha value is -0.860. The molecule has 0 heterocycles. The molecular formula is C18H29NO. The van der Waals surface area contributed by atoms with Crippen molar-refractivity contribution in [2.75, 3.05) is 6.54 Å². The third kappa shape index (κ3) is 4.60. The number of nitrogens with one attached hydrogen (secondary N) is 1. The maximum absolute atomic E-state index is 9.75. The molecule has 2 N–H and O–H groups in total. The van der Waals surface area contributed by atoms with E-state index in [-0.39, 0.29) is 6.10 Å². The number of rotatable bonds is 6. The summed E-state index contributed by atoms with van der Waals surface area (Å²) >= 11 is 0. The van der Waals surface area contributed by atoms with Gasteiger partial charge in [-0.2, -0.15) is 0 Å². The van der Waals surface area contributed by atoms with Gasteiger partial charge in [0.25, 0.3) is 0 Å². The molecule has 1 aliphatic rings. The lowest BCUT2D eigenvalue weighted by Crippen LogP contribution is -2.39. The van der Waals surface area contributed by atoms with Crippen LogP contribution in [-0.2, 0) is 0 Å². The van der Waals surface area contributed by atoms with E-state index in [0.717, 1.165) is 18.9 Å². The molecule has 0 bridgehead atoms. The van der Waals surface area contributed by atoms with Gasteiger partial charge in [-0.05, 0) is 43.6 Å². The minimum absolute atomic E-state index is 0.245. The summed E-state index contributed by atoms with van der Waals surface area (Å²) in [4.78, 5) is 0. The molecule has 4 unspecified atom stereocenters. The average Bonchev–Trinajstić information content (AvgIpc) is 2.45. The summed E-state index contributed by atoms with van der Waals surface area (Å²) < 4.78 is 0. The summed E-state index contributed by atoms with van der Waals surface area (Å²) in [6.07, 6.45) is 5.98. The van der Waals surface area contributed by atoms with Crippen molar-refractivity contribution in [2.45, 2.75) is 64.0 Å². The molecular weight excluding hydrogens is 246 g/mol. The Balaban J connectivity index is 1.94. The lowest BCUT2D eigenvalue weighted by Gasteiger charge is -2.31. The number of aliphatic hydroxyl groups is 1. The van der Waals surface area contributed by atoms with Crippen molar-refractivity contribution < 1.29 is 5.11 Å². The molecule has 0 radical (unpaired) electrons. The molecule has 0 spiro atoms. The van der Waals surface area contributed by atoms with Gasteiger partial charge in [0.1, 0.15) is 0 Å². The minimum atomic E-state index is -0.245. The van der Waals surface area contributed by atoms with Crippen LogP contribution >= 0.6 is 0 Å². The fourth-order valence-electron chi connectivity index (χ4n) is 3.39. The van der Waals surface area contributed by atoms with E-state index >= 15 is 0 Å². The lowest BCUT2D eigenvalue weighted by atomic mass is 9.85. The van der Waals surface area contributed by atoms with Crippen LogP contribution in [0.2, 0.25) is 0 Å². The van der Waals surface area contributed by atoms with Gasteiger partial charge in [0.05, 0.1) is 6.10 Å². The quantitative estimate of drug-likeness (QED) is 0.829. The van der Waals surface area contributed by atoms with Crippen molar-refractivity contribution in [1.29, 1.82) is 0 Å². The number of benzene rings is 1. The highest BCUT2D eigenvalue weighted by Crippen LogP contribution is 2.26. The standard InChI is InChI=1S/C18H29NO/c1-14-8-6-7-11-18(14)19-13-17(12-15(2)20)16-9-4-3-5-10-16/h3-5,9-10,14-15,17-20H,6-8,11-13H2,1-2H3. The van der Waals surface area contributed by atoms with Crippen molar-refractivity contribution in [2.24, 2.45) is 5.92 Å². The van der Waals surface area contributed by atoms with Gasteiger partial charge in [0, 0.05) is 12.6 Å². The summed E-state index contributed by atoms with van der Waals surface area (Å²) in [5.41, 5.74) is 1.34. The molecule has 1 fully saturated rings. The molecule has 1 aromatic rings. The second-order valence-electron chi connectivity index (χ2n) is 6.47. The molecule has 20 heavy (non-hydrogen) atoms. The SMILES string of the molecule is CC(O)CC(CNC1CCCCC1C)c1ccccc1. The second-order valence-corrected chi connectivity index (χ2v) is 6.47. The molecule has 4 atom stereocenters. The molecule has 2 nitrogen and oxygen atoms in total. The van der Waals surface area contributed by atoms with E-state index in [1.54, 1.807) is 0 Å². The maximum atomic E-state index is 9.75. The van der Waals surface area contributed by atoms with Crippen LogP contribution in [0.25, 0.3) is 0 Å². The molecule has 1 aromatic carbocycles. The summed E-state index contributed by atoms with van der Waals surface area (Å²) in [6, 6.07) is 11.3. The van der Waals surface area contributed by atoms with E-state index in [4.69, 9.17) is 0 Å². The first-order valence-corrected chi connectivity index (χ1v) is 8.13. The van der Waals surface area contributed by atoms with E-state index in [2.05, 4.69) is 42.6 Å². The van der Waals surface area contributed by atoms with Crippen LogP contribution in [0.5, 0.6) is 0 Å². The number of aliphatic hydroxyl groups excluding tert-OH is 1. The molecule has 1 aliphatic carbocycles. The normalized spacial score (nSPS) is 26.1. The number of hydrogen-bond acceptors (Lipinski definition) is 2. The van der Waals surface area contributed by atoms with E-state index in [1.807, 2.05) is 6.92 Å². The van der Waals surface area contributed by atoms with E-state index in [1.165, 1.54) is 31.2 Å². The summed E-state index contributed by atoms with van der Waals surface area (Å²) in [7, 11) is 0. The topological polar surface area (TPSA) is 32.3 Å². The molecule has 0 aromatic heterocycles. The van der Waals surface area contributed by atoms with Crippen molar-refractivity contribution >= 4 is 0 Å². The Morgan fingerprint density at radius 2 is 1.90 bits per heavy atom. The maximum Gasteiger partial charge on any atom is 0.0518 e. The molecule has 0 amide bonds. The van der Waals surface area contributed by atoms with E-state index < -0.39 is 0 Å². The van der Waals surface area contributed by atoms with Gasteiger partial charge in [-0.15, -0.1) is 0 Å². The third-order valence-electron chi connectivity index (χ3n) is 4.63. The van der Waals surface area contributed by atoms with Crippen LogP contribution in [0, 0.1) is 5.92 Å². The zero-order valence-corrected chi connectivity index (χ0v) is 12.9. The fraction of sp³-hybridized carbons (Fsp3) is 0.667. The highest BCUT2D eigenvalue weighted by atomic mass is 16.3. The monoisotopic (exact) mass is 275 g/mol. The van der Waals surface area contributed by atoms with Gasteiger partial charge in [-0.3, -0.25) is 0 Å². The van der Waals surface area contributed by atoms with Crippen LogP contribution in [0.4, 0.5) is 0 Å². The van der Waals surface area contributed by atoms with Crippen LogP contribution in [0.15, 0.2) is 30.3 Å². The molecule has 0 saturated heterocycles. The minimum Gasteiger partial charge on any atom is -0.393 e. The van der Waals surface area contributed by atoms with Gasteiger partial charge >= 0.3 is 0 Å². The Labute approximate surface area is 123 Å². The Kier molecular flexibility index (Phi) is 6.06. The first kappa shape index (κ1) is 15.5. The first-order chi connectivity index (χ1) is 9.66. The second kappa shape index (κ2) is 7.80. The van der Waals surface area contributed by atoms with E-state index in [0.29, 0.717) is 12.0 Å². The molecule has 1 saturated carbocycles. The summed E-state index contributed by atoms with van der Waals surface area (Å²) in [5, 5.41) is 13.5. The van der Waals surface area contributed by atoms with Gasteiger partial charge in [-0.25, -0.2) is 0 Å². The van der Waals surface area contributed by atoms with Crippen molar-refractivity contribution in [3.05, 3.63) is 35.9 Å². The Morgan fingerprint density at radius 3 is 2.55 bits per heavy atom. The van der Waals surface area contributed by atoms with Gasteiger partial charge < -0.3 is 10.4 Å². The predicted molar refractivity (Wildman–Crippen MR) is 84.9 cm³/mol. The Morgan fingerprint density at radius 1 is 1.20 bits per heavy atom. The van der Waals surface area contributed by atoms with Crippen LogP contribution < -0.4 is 5.32 Å². The molecule has 2 rings (SSSR count). The zero-order valence-electron chi connectivity index (χ0n) is 12.9. The van der Waals surface area contributed by atoms with Gasteiger partial charge in [-0.1, -0.05) is 50.1 Å². The predicted octanol–water partition coefficient (Wildman–Crippen LogP) is 3.71. The zero-order chi connectivity index (χ0) is 14.4. The highest BCUT2D eigenvalue weighted by molar-refractivity contribution is 5.20. The third-order valence-corrected chi connectivity index (χ3v) is 4.63. The summed E-state index contributed by atoms with van der Waals surface area (Å²) in [6.45, 7) is 5.23. The fourth-order valence-corrected chi connectivity index (χ4v) is 3.39. The number of hydrogen-bond donors (Lipinski definition) is 2. The lowest BCUT2D eigenvalue weighted by molar-refractivity contribution is 0.170. The molecule has 2 heteroatoms. The average molecular weight is 275 g/mol. The van der Waals surface area contributed by atoms with Gasteiger partial charge in [0.15, 0.2) is 0 Å². The smallest absolute Gasteiger partial charge is 0.0518 e. The molecule has 0 aliphatic heterocycles. The van der Waals surface area contributed by atoms with Crippen LogP contribution in [0.3, 0.4) is 0 Å².